The second-order valence-corrected chi connectivity index (χ2v) is 8.79. The molecule has 1 unspecified atom stereocenters. The molecule has 0 spiro atoms. The minimum absolute atomic E-state index is 0.0645. The molecule has 0 amide bonds. The molecule has 0 radical (unpaired) electrons. The Morgan fingerprint density at radius 1 is 1.08 bits per heavy atom. The Balaban J connectivity index is 1.69. The van der Waals surface area contributed by atoms with Crippen LogP contribution in [0.3, 0.4) is 0 Å². The van der Waals surface area contributed by atoms with Gasteiger partial charge >= 0.3 is 6.18 Å². The Bertz CT molecular complexity index is 1460. The van der Waals surface area contributed by atoms with E-state index in [0.717, 1.165) is 6.07 Å². The summed E-state index contributed by atoms with van der Waals surface area (Å²) < 4.78 is 48.9. The Morgan fingerprint density at radius 2 is 1.89 bits per heavy atom. The largest absolute Gasteiger partial charge is 0.478 e. The summed E-state index contributed by atoms with van der Waals surface area (Å²) in [5, 5.41) is 8.79. The molecule has 3 aromatic heterocycles. The first-order chi connectivity index (χ1) is 17.2. The van der Waals surface area contributed by atoms with Crippen LogP contribution in [0.2, 0.25) is 10.0 Å². The molecule has 5 rings (SSSR count). The van der Waals surface area contributed by atoms with Gasteiger partial charge in [0.1, 0.15) is 12.2 Å². The average molecular weight is 536 g/mol. The molecule has 1 aliphatic heterocycles. The molecule has 1 aliphatic rings. The molecular weight excluding hydrogens is 518 g/mol. The van der Waals surface area contributed by atoms with E-state index in [1.165, 1.54) is 15.7 Å². The number of rotatable bonds is 5. The minimum atomic E-state index is -4.64. The Morgan fingerprint density at radius 3 is 2.61 bits per heavy atom. The number of hydrogen-bond donors (Lipinski definition) is 0. The highest BCUT2D eigenvalue weighted by Crippen LogP contribution is 2.44. The summed E-state index contributed by atoms with van der Waals surface area (Å²) in [6.07, 6.45) is -3.29. The Hall–Kier alpha value is -3.44. The SMILES string of the molecule is CCOc1cccc(-n2ncnc2C2C(C)=Nc3cc(C(F)(F)F)nn3[C@@H]2c2ccc(Cl)c(Cl)c2)n1. The summed E-state index contributed by atoms with van der Waals surface area (Å²) in [6.45, 7) is 4.00. The van der Waals surface area contributed by atoms with Crippen molar-refractivity contribution in [1.29, 1.82) is 0 Å². The maximum Gasteiger partial charge on any atom is 0.435 e. The molecular formula is C23H18Cl2F3N7O. The van der Waals surface area contributed by atoms with Crippen molar-refractivity contribution in [1.82, 2.24) is 29.5 Å². The molecule has 0 aliphatic carbocycles. The van der Waals surface area contributed by atoms with Crippen molar-refractivity contribution in [3.8, 4) is 11.7 Å². The van der Waals surface area contributed by atoms with Crippen LogP contribution in [0.25, 0.3) is 5.82 Å². The number of hydrogen-bond acceptors (Lipinski definition) is 6. The molecule has 0 saturated heterocycles. The lowest BCUT2D eigenvalue weighted by Crippen LogP contribution is -2.31. The molecule has 13 heteroatoms. The monoisotopic (exact) mass is 535 g/mol. The number of nitrogens with zero attached hydrogens (tertiary/aromatic N) is 7. The van der Waals surface area contributed by atoms with Gasteiger partial charge < -0.3 is 4.74 Å². The van der Waals surface area contributed by atoms with E-state index >= 15 is 0 Å². The predicted molar refractivity (Wildman–Crippen MR) is 128 cm³/mol. The third kappa shape index (κ3) is 4.33. The fraction of sp³-hybridized carbons (Fsp3) is 0.261. The van der Waals surface area contributed by atoms with Gasteiger partial charge in [-0.1, -0.05) is 35.3 Å². The highest BCUT2D eigenvalue weighted by Gasteiger charge is 2.42. The first-order valence-electron chi connectivity index (χ1n) is 10.8. The standard InChI is InChI=1S/C23H18Cl2F3N7O/c1-3-36-19-6-4-5-17(32-19)35-22(29-11-30-35)20-12(2)31-18-10-16(23(26,27)28)33-34(18)21(20)13-7-8-14(24)15(25)9-13/h4-11,20-21H,3H2,1-2H3/t20?,21-/m1/s1. The van der Waals surface area contributed by atoms with E-state index in [2.05, 4.69) is 25.2 Å². The van der Waals surface area contributed by atoms with Gasteiger partial charge in [0, 0.05) is 17.8 Å². The van der Waals surface area contributed by atoms with Crippen molar-refractivity contribution in [3.05, 3.63) is 75.9 Å². The van der Waals surface area contributed by atoms with E-state index in [9.17, 15) is 13.2 Å². The van der Waals surface area contributed by atoms with Crippen LogP contribution in [0.4, 0.5) is 19.0 Å². The second-order valence-electron chi connectivity index (χ2n) is 7.98. The number of ether oxygens (including phenoxy) is 1. The van der Waals surface area contributed by atoms with Gasteiger partial charge in [-0.2, -0.15) is 33.0 Å². The summed E-state index contributed by atoms with van der Waals surface area (Å²) in [6, 6.07) is 10.2. The van der Waals surface area contributed by atoms with Crippen molar-refractivity contribution in [3.63, 3.8) is 0 Å². The third-order valence-corrected chi connectivity index (χ3v) is 6.42. The van der Waals surface area contributed by atoms with Crippen molar-refractivity contribution in [2.24, 2.45) is 4.99 Å². The number of pyridine rings is 1. The van der Waals surface area contributed by atoms with Gasteiger partial charge in [-0.15, -0.1) is 0 Å². The fourth-order valence-corrected chi connectivity index (χ4v) is 4.48. The number of benzene rings is 1. The summed E-state index contributed by atoms with van der Waals surface area (Å²) in [7, 11) is 0. The Labute approximate surface area is 213 Å². The molecule has 4 aromatic rings. The topological polar surface area (TPSA) is 83.0 Å². The summed E-state index contributed by atoms with van der Waals surface area (Å²) in [5.74, 6) is 0.640. The zero-order valence-electron chi connectivity index (χ0n) is 18.9. The van der Waals surface area contributed by atoms with Crippen LogP contribution in [0.5, 0.6) is 5.88 Å². The van der Waals surface area contributed by atoms with E-state index in [4.69, 9.17) is 27.9 Å². The van der Waals surface area contributed by atoms with Gasteiger partial charge in [0.25, 0.3) is 0 Å². The van der Waals surface area contributed by atoms with E-state index < -0.39 is 23.8 Å². The van der Waals surface area contributed by atoms with Gasteiger partial charge in [0.15, 0.2) is 17.3 Å². The van der Waals surface area contributed by atoms with Gasteiger partial charge in [-0.3, -0.25) is 0 Å². The van der Waals surface area contributed by atoms with Crippen LogP contribution < -0.4 is 4.74 Å². The number of fused-ring (bicyclic) bond motifs is 1. The molecule has 2 atom stereocenters. The number of halogens is 5. The molecule has 36 heavy (non-hydrogen) atoms. The molecule has 186 valence electrons. The van der Waals surface area contributed by atoms with E-state index in [1.54, 1.807) is 43.3 Å². The molecule has 0 bridgehead atoms. The van der Waals surface area contributed by atoms with Crippen molar-refractivity contribution < 1.29 is 17.9 Å². The molecule has 0 fully saturated rings. The van der Waals surface area contributed by atoms with Crippen LogP contribution in [-0.2, 0) is 6.18 Å². The highest BCUT2D eigenvalue weighted by molar-refractivity contribution is 6.42. The maximum atomic E-state index is 13.6. The van der Waals surface area contributed by atoms with E-state index in [0.29, 0.717) is 40.4 Å². The van der Waals surface area contributed by atoms with Crippen LogP contribution >= 0.6 is 23.2 Å². The molecule has 4 heterocycles. The van der Waals surface area contributed by atoms with Gasteiger partial charge in [0.2, 0.25) is 5.88 Å². The number of alkyl halides is 3. The van der Waals surface area contributed by atoms with Gasteiger partial charge in [0.05, 0.1) is 28.6 Å². The summed E-state index contributed by atoms with van der Waals surface area (Å²) >= 11 is 12.4. The van der Waals surface area contributed by atoms with E-state index in [1.807, 2.05) is 6.92 Å². The second kappa shape index (κ2) is 9.21. The average Bonchev–Trinajstić information content (AvgIpc) is 3.47. The normalized spacial score (nSPS) is 17.6. The maximum absolute atomic E-state index is 13.6. The molecule has 0 saturated carbocycles. The summed E-state index contributed by atoms with van der Waals surface area (Å²) in [5.41, 5.74) is 0.0435. The smallest absolute Gasteiger partial charge is 0.435 e. The number of aromatic nitrogens is 6. The molecule has 1 aromatic carbocycles. The fourth-order valence-electron chi connectivity index (χ4n) is 4.18. The lowest BCUT2D eigenvalue weighted by atomic mass is 9.87. The zero-order valence-corrected chi connectivity index (χ0v) is 20.4. The Kier molecular flexibility index (Phi) is 6.21. The van der Waals surface area contributed by atoms with Crippen LogP contribution in [0, 0.1) is 0 Å². The first-order valence-corrected chi connectivity index (χ1v) is 11.6. The number of aliphatic imine (C=N–C) groups is 1. The van der Waals surface area contributed by atoms with Crippen LogP contribution in [0.15, 0.2) is 53.8 Å². The van der Waals surface area contributed by atoms with Crippen molar-refractivity contribution >= 4 is 34.7 Å². The molecule has 0 N–H and O–H groups in total. The molecule has 8 nitrogen and oxygen atoms in total. The zero-order chi connectivity index (χ0) is 25.6. The lowest BCUT2D eigenvalue weighted by molar-refractivity contribution is -0.141. The third-order valence-electron chi connectivity index (χ3n) is 5.68. The minimum Gasteiger partial charge on any atom is -0.478 e. The van der Waals surface area contributed by atoms with E-state index in [-0.39, 0.29) is 10.8 Å². The van der Waals surface area contributed by atoms with Gasteiger partial charge in [-0.05, 0) is 37.6 Å². The first kappa shape index (κ1) is 24.3. The van der Waals surface area contributed by atoms with Crippen molar-refractivity contribution in [2.75, 3.05) is 6.61 Å². The van der Waals surface area contributed by atoms with Gasteiger partial charge in [-0.25, -0.2) is 14.7 Å². The highest BCUT2D eigenvalue weighted by atomic mass is 35.5. The van der Waals surface area contributed by atoms with Crippen LogP contribution in [-0.4, -0.2) is 41.8 Å². The van der Waals surface area contributed by atoms with Crippen molar-refractivity contribution in [2.45, 2.75) is 32.0 Å². The lowest BCUT2D eigenvalue weighted by Gasteiger charge is -2.31. The summed E-state index contributed by atoms with van der Waals surface area (Å²) in [4.78, 5) is 13.4. The van der Waals surface area contributed by atoms with Crippen LogP contribution in [0.1, 0.15) is 42.9 Å². The quantitative estimate of drug-likeness (QED) is 0.310. The predicted octanol–water partition coefficient (Wildman–Crippen LogP) is 6.06.